The van der Waals surface area contributed by atoms with Gasteiger partial charge in [0.1, 0.15) is 24.5 Å². The van der Waals surface area contributed by atoms with Crippen LogP contribution in [0.4, 0.5) is 4.39 Å². The number of hydrogen-bond acceptors (Lipinski definition) is 11. The zero-order valence-electron chi connectivity index (χ0n) is 34.7. The van der Waals surface area contributed by atoms with E-state index >= 15 is 9.18 Å². The highest BCUT2D eigenvalue weighted by molar-refractivity contribution is 5.97. The number of esters is 1. The summed E-state index contributed by atoms with van der Waals surface area (Å²) >= 11 is 0. The number of carbonyl (C=O) groups excluding carboxylic acids is 5. The minimum Gasteiger partial charge on any atom is -0.458 e. The zero-order valence-corrected chi connectivity index (χ0v) is 34.7. The number of amides is 4. The van der Waals surface area contributed by atoms with Crippen molar-refractivity contribution in [1.82, 2.24) is 25.1 Å². The molecule has 61 heavy (non-hydrogen) atoms. The summed E-state index contributed by atoms with van der Waals surface area (Å²) in [7, 11) is 0. The van der Waals surface area contributed by atoms with Crippen molar-refractivity contribution in [2.75, 3.05) is 19.7 Å². The summed E-state index contributed by atoms with van der Waals surface area (Å²) in [5, 5.41) is 17.2. The number of rotatable bonds is 13. The average molecular weight is 840 g/mol. The Bertz CT molecular complexity index is 2540. The molecule has 2 aromatic carbocycles. The molecule has 1 aliphatic carbocycles. The smallest absolute Gasteiger partial charge is 0.343 e. The predicted molar refractivity (Wildman–Crippen MR) is 220 cm³/mol. The first-order valence-electron chi connectivity index (χ1n) is 20.3. The van der Waals surface area contributed by atoms with E-state index in [-0.39, 0.29) is 80.0 Å². The van der Waals surface area contributed by atoms with Gasteiger partial charge in [0.25, 0.3) is 5.56 Å². The second-order valence-electron chi connectivity index (χ2n) is 16.7. The molecule has 4 atom stereocenters. The van der Waals surface area contributed by atoms with Gasteiger partial charge in [-0.25, -0.2) is 14.2 Å². The van der Waals surface area contributed by atoms with Crippen LogP contribution in [0.2, 0.25) is 0 Å². The minimum atomic E-state index is -2.11. The molecule has 0 spiro atoms. The van der Waals surface area contributed by atoms with Gasteiger partial charge in [0.2, 0.25) is 23.6 Å². The molecule has 0 radical (unpaired) electrons. The van der Waals surface area contributed by atoms with Crippen LogP contribution in [-0.4, -0.2) is 86.5 Å². The van der Waals surface area contributed by atoms with Crippen molar-refractivity contribution in [2.45, 2.75) is 103 Å². The Hall–Kier alpha value is -6.04. The molecule has 16 nitrogen and oxygen atoms in total. The van der Waals surface area contributed by atoms with Crippen molar-refractivity contribution in [2.24, 2.45) is 11.5 Å². The number of nitrogens with one attached hydrogen (secondary N) is 2. The lowest BCUT2D eigenvalue weighted by Crippen LogP contribution is -2.59. The molecule has 7 rings (SSSR count). The molecule has 0 bridgehead atoms. The van der Waals surface area contributed by atoms with Gasteiger partial charge in [0, 0.05) is 29.0 Å². The summed E-state index contributed by atoms with van der Waals surface area (Å²) in [4.78, 5) is 88.2. The molecule has 4 heterocycles. The lowest BCUT2D eigenvalue weighted by molar-refractivity contribution is -0.172. The lowest BCUT2D eigenvalue weighted by atomic mass is 9.80. The van der Waals surface area contributed by atoms with Gasteiger partial charge < -0.3 is 46.1 Å². The number of aryl methyl sites for hydroxylation is 1. The van der Waals surface area contributed by atoms with Gasteiger partial charge in [-0.05, 0) is 75.3 Å². The van der Waals surface area contributed by atoms with Crippen LogP contribution in [-0.2, 0) is 65.0 Å². The summed E-state index contributed by atoms with van der Waals surface area (Å²) in [6, 6.07) is 8.05. The summed E-state index contributed by atoms with van der Waals surface area (Å²) in [6.45, 7) is 7.00. The number of fused-ring (bicyclic) bond motifs is 5. The van der Waals surface area contributed by atoms with Gasteiger partial charge in [-0.3, -0.25) is 24.0 Å². The van der Waals surface area contributed by atoms with Gasteiger partial charge in [-0.15, -0.1) is 0 Å². The van der Waals surface area contributed by atoms with Crippen LogP contribution in [0.5, 0.6) is 0 Å². The van der Waals surface area contributed by atoms with Crippen LogP contribution < -0.4 is 27.7 Å². The highest BCUT2D eigenvalue weighted by Gasteiger charge is 2.47. The zero-order chi connectivity index (χ0) is 44.1. The Labute approximate surface area is 350 Å². The van der Waals surface area contributed by atoms with Crippen LogP contribution in [0.1, 0.15) is 85.5 Å². The van der Waals surface area contributed by atoms with Crippen molar-refractivity contribution in [3.05, 3.63) is 97.6 Å². The number of hydrogen-bond donors (Lipinski definition) is 5. The van der Waals surface area contributed by atoms with Crippen LogP contribution in [0.15, 0.2) is 47.3 Å². The average Bonchev–Trinajstić information content (AvgIpc) is 3.60. The molecule has 322 valence electrons. The Morgan fingerprint density at radius 3 is 2.49 bits per heavy atom. The Morgan fingerprint density at radius 2 is 1.84 bits per heavy atom. The summed E-state index contributed by atoms with van der Waals surface area (Å²) < 4.78 is 28.7. The molecule has 7 N–H and O–H groups in total. The maximum atomic E-state index is 15.8. The second kappa shape index (κ2) is 16.4. The van der Waals surface area contributed by atoms with Gasteiger partial charge in [-0.1, -0.05) is 37.3 Å². The lowest BCUT2D eigenvalue weighted by Gasteiger charge is -2.42. The second-order valence-corrected chi connectivity index (χ2v) is 16.7. The van der Waals surface area contributed by atoms with E-state index in [1.165, 1.54) is 15.5 Å². The van der Waals surface area contributed by atoms with E-state index in [1.54, 1.807) is 71.0 Å². The fraction of sp³-hybridized carbons (Fsp3) is 0.432. The molecule has 2 aromatic heterocycles. The fourth-order valence-corrected chi connectivity index (χ4v) is 8.69. The number of aromatic nitrogens is 2. The number of cyclic esters (lactones) is 1. The van der Waals surface area contributed by atoms with Crippen LogP contribution >= 0.6 is 0 Å². The van der Waals surface area contributed by atoms with Crippen molar-refractivity contribution >= 4 is 40.5 Å². The number of carbonyl (C=O) groups is 5. The number of pyridine rings is 2. The van der Waals surface area contributed by atoms with Crippen LogP contribution in [0, 0.1) is 12.7 Å². The van der Waals surface area contributed by atoms with Crippen molar-refractivity contribution in [3.63, 3.8) is 0 Å². The Morgan fingerprint density at radius 1 is 1.11 bits per heavy atom. The van der Waals surface area contributed by atoms with E-state index in [4.69, 9.17) is 25.9 Å². The molecule has 0 saturated carbocycles. The Balaban J connectivity index is 1.45. The van der Waals surface area contributed by atoms with Gasteiger partial charge in [0.15, 0.2) is 5.60 Å². The van der Waals surface area contributed by atoms with Gasteiger partial charge in [-0.2, -0.15) is 0 Å². The van der Waals surface area contributed by atoms with E-state index in [0.717, 1.165) is 0 Å². The minimum absolute atomic E-state index is 0.0244. The van der Waals surface area contributed by atoms with Gasteiger partial charge in [0.05, 0.1) is 60.4 Å². The third kappa shape index (κ3) is 7.88. The number of halogens is 1. The molecule has 2 aliphatic heterocycles. The summed E-state index contributed by atoms with van der Waals surface area (Å²) in [5.41, 5.74) is 11.8. The maximum Gasteiger partial charge on any atom is 0.343 e. The van der Waals surface area contributed by atoms with Crippen LogP contribution in [0.25, 0.3) is 22.3 Å². The highest BCUT2D eigenvalue weighted by atomic mass is 19.1. The van der Waals surface area contributed by atoms with Crippen molar-refractivity contribution in [1.29, 1.82) is 0 Å². The third-order valence-corrected chi connectivity index (χ3v) is 11.8. The van der Waals surface area contributed by atoms with E-state index in [9.17, 15) is 29.1 Å². The van der Waals surface area contributed by atoms with E-state index in [0.29, 0.717) is 33.2 Å². The normalized spacial score (nSPS) is 18.6. The number of nitrogens with two attached hydrogens (primary N) is 2. The van der Waals surface area contributed by atoms with E-state index < -0.39 is 76.8 Å². The Kier molecular flexibility index (Phi) is 11.6. The molecule has 4 amide bonds. The number of primary amides is 1. The van der Waals surface area contributed by atoms with Gasteiger partial charge >= 0.3 is 5.97 Å². The number of ether oxygens (including phenoxy) is 2. The predicted octanol–water partition coefficient (Wildman–Crippen LogP) is 1.81. The molecule has 17 heteroatoms. The first-order valence-corrected chi connectivity index (χ1v) is 20.3. The topological polar surface area (TPSA) is 238 Å². The van der Waals surface area contributed by atoms with Crippen molar-refractivity contribution in [3.8, 4) is 11.4 Å². The molecular weight excluding hydrogens is 790 g/mol. The number of aliphatic hydroxyl groups is 1. The molecule has 0 saturated heterocycles. The quantitative estimate of drug-likeness (QED) is 0.107. The maximum absolute atomic E-state index is 15.8. The molecule has 0 fully saturated rings. The summed E-state index contributed by atoms with van der Waals surface area (Å²) in [6.07, 6.45) is 0.303. The monoisotopic (exact) mass is 839 g/mol. The molecular formula is C44H50FN7O9. The SMILES string of the molecule is CC[C@@]1(O)C(=O)OCc2c1cc1n(c2=O)Cc2c-1nc1cc(F)c(C)c3c1c2[C@@H](N(C(=O)[C@H](Cc1ccccc1)NC(=O)CNC(=O)CN)[C@@H](COC(C)(C)C)C(N)=O)CC3. The van der Waals surface area contributed by atoms with E-state index in [2.05, 4.69) is 10.6 Å². The number of nitrogens with zero attached hydrogens (tertiary/aromatic N) is 3. The first kappa shape index (κ1) is 43.1. The van der Waals surface area contributed by atoms with Crippen LogP contribution in [0.3, 0.4) is 0 Å². The van der Waals surface area contributed by atoms with E-state index in [1.807, 2.05) is 0 Å². The number of benzene rings is 2. The first-order chi connectivity index (χ1) is 28.9. The largest absolute Gasteiger partial charge is 0.458 e. The van der Waals surface area contributed by atoms with Crippen molar-refractivity contribution < 1.29 is 42.9 Å². The molecule has 3 aliphatic rings. The third-order valence-electron chi connectivity index (χ3n) is 11.8. The summed E-state index contributed by atoms with van der Waals surface area (Å²) in [5.74, 6) is -4.27. The highest BCUT2D eigenvalue weighted by Crippen LogP contribution is 2.48. The standard InChI is InChI=1S/C44H50FN7O9/c1-6-44(59)27-15-32-38-25(19-51(32)40(56)26(27)20-60-42(44)58)37-31(13-12-24-22(2)28(45)16-29(50-38)36(24)37)52(33(39(47)55)21-61-43(3,4)5)41(57)30(14-23-10-8-7-9-11-23)49-35(54)18-48-34(53)17-46/h7-11,15-16,30-31,33,59H,6,12-14,17-21,46H2,1-5H3,(H2,47,55)(H,48,53)(H,49,54)/t30-,31-,33-,44-/m0/s1. The molecule has 0 unspecified atom stereocenters. The fourth-order valence-electron chi connectivity index (χ4n) is 8.69. The molecule has 4 aromatic rings.